The Labute approximate surface area is 205 Å². The lowest BCUT2D eigenvalue weighted by Crippen LogP contribution is -1.93. The molecule has 0 N–H and O–H groups in total. The van der Waals surface area contributed by atoms with Crippen molar-refractivity contribution in [3.05, 3.63) is 115 Å². The second kappa shape index (κ2) is 6.41. The lowest BCUT2D eigenvalue weighted by molar-refractivity contribution is 1.18. The monoisotopic (exact) mass is 457 g/mol. The maximum atomic E-state index is 5.11. The van der Waals surface area contributed by atoms with E-state index in [-0.39, 0.29) is 0 Å². The van der Waals surface area contributed by atoms with Crippen molar-refractivity contribution in [3.8, 4) is 5.69 Å². The van der Waals surface area contributed by atoms with Crippen LogP contribution >= 0.6 is 0 Å². The van der Waals surface area contributed by atoms with E-state index in [9.17, 15) is 0 Å². The van der Waals surface area contributed by atoms with E-state index in [0.29, 0.717) is 0 Å². The molecule has 0 aliphatic heterocycles. The molecule has 3 heteroatoms. The van der Waals surface area contributed by atoms with E-state index in [1.807, 2.05) is 0 Å². The van der Waals surface area contributed by atoms with Gasteiger partial charge in [-0.1, -0.05) is 72.8 Å². The smallest absolute Gasteiger partial charge is 0.0971 e. The zero-order chi connectivity index (χ0) is 23.4. The highest BCUT2D eigenvalue weighted by Crippen LogP contribution is 2.42. The number of aromatic nitrogens is 3. The topological polar surface area (TPSA) is 22.2 Å². The van der Waals surface area contributed by atoms with Crippen LogP contribution in [0.5, 0.6) is 0 Å². The zero-order valence-corrected chi connectivity index (χ0v) is 19.3. The van der Waals surface area contributed by atoms with E-state index in [1.54, 1.807) is 0 Å². The van der Waals surface area contributed by atoms with Gasteiger partial charge in [0.05, 0.1) is 38.6 Å². The normalized spacial score (nSPS) is 12.4. The average molecular weight is 458 g/mol. The first-order valence-electron chi connectivity index (χ1n) is 12.3. The molecule has 9 rings (SSSR count). The van der Waals surface area contributed by atoms with Crippen LogP contribution in [0.2, 0.25) is 0 Å². The van der Waals surface area contributed by atoms with Crippen molar-refractivity contribution in [3.63, 3.8) is 0 Å². The van der Waals surface area contributed by atoms with Crippen LogP contribution in [0.15, 0.2) is 115 Å². The molecule has 0 bridgehead atoms. The van der Waals surface area contributed by atoms with Crippen LogP contribution in [-0.4, -0.2) is 14.0 Å². The standard InChI is InChI=1S/C33H19N3/c1-2-10-21(11-3-1)35-28-16-7-5-12-22(28)25-18-26-23-13-8-14-24-32-31(17-20-9-4-6-15-27(20)34-32)36(33(23)24)30(26)19-29(25)35/h1-19H. The first kappa shape index (κ1) is 18.4. The van der Waals surface area contributed by atoms with Crippen molar-refractivity contribution in [1.29, 1.82) is 0 Å². The van der Waals surface area contributed by atoms with Crippen LogP contribution in [0.25, 0.3) is 76.6 Å². The maximum Gasteiger partial charge on any atom is 0.0971 e. The molecule has 0 atom stereocenters. The van der Waals surface area contributed by atoms with E-state index >= 15 is 0 Å². The van der Waals surface area contributed by atoms with Crippen LogP contribution in [0.1, 0.15) is 0 Å². The van der Waals surface area contributed by atoms with Gasteiger partial charge in [-0.2, -0.15) is 0 Å². The summed E-state index contributed by atoms with van der Waals surface area (Å²) in [6.45, 7) is 0. The van der Waals surface area contributed by atoms with Gasteiger partial charge in [-0.05, 0) is 42.5 Å². The first-order chi connectivity index (χ1) is 17.9. The Kier molecular flexibility index (Phi) is 3.28. The summed E-state index contributed by atoms with van der Waals surface area (Å²) in [5.74, 6) is 0. The molecule has 9 aromatic rings. The summed E-state index contributed by atoms with van der Waals surface area (Å²) in [5, 5.41) is 7.50. The Balaban J connectivity index is 1.54. The quantitative estimate of drug-likeness (QED) is 0.242. The van der Waals surface area contributed by atoms with Crippen molar-refractivity contribution in [2.24, 2.45) is 0 Å². The van der Waals surface area contributed by atoms with Gasteiger partial charge < -0.3 is 8.97 Å². The van der Waals surface area contributed by atoms with Gasteiger partial charge in [0.15, 0.2) is 0 Å². The Bertz CT molecular complexity index is 2300. The van der Waals surface area contributed by atoms with E-state index in [1.165, 1.54) is 60.1 Å². The fourth-order valence-corrected chi connectivity index (χ4v) is 6.30. The molecular weight excluding hydrogens is 438 g/mol. The molecule has 36 heavy (non-hydrogen) atoms. The van der Waals surface area contributed by atoms with Gasteiger partial charge in [-0.3, -0.25) is 0 Å². The fourth-order valence-electron chi connectivity index (χ4n) is 6.30. The van der Waals surface area contributed by atoms with E-state index in [2.05, 4.69) is 124 Å². The number of benzene rings is 5. The second-order valence-electron chi connectivity index (χ2n) is 9.66. The molecule has 0 radical (unpaired) electrons. The Morgan fingerprint density at radius 3 is 2.17 bits per heavy atom. The highest BCUT2D eigenvalue weighted by atomic mass is 15.0. The lowest BCUT2D eigenvalue weighted by atomic mass is 10.1. The number of fused-ring (bicyclic) bond motifs is 10. The molecule has 0 saturated carbocycles. The first-order valence-corrected chi connectivity index (χ1v) is 12.3. The largest absolute Gasteiger partial charge is 0.309 e. The summed E-state index contributed by atoms with van der Waals surface area (Å²) in [7, 11) is 0. The van der Waals surface area contributed by atoms with Gasteiger partial charge in [-0.15, -0.1) is 0 Å². The average Bonchev–Trinajstić information content (AvgIpc) is 3.55. The second-order valence-corrected chi connectivity index (χ2v) is 9.66. The maximum absolute atomic E-state index is 5.11. The Hall–Kier alpha value is -4.89. The summed E-state index contributed by atoms with van der Waals surface area (Å²) in [6.07, 6.45) is 0. The molecule has 4 heterocycles. The number of rotatable bonds is 1. The van der Waals surface area contributed by atoms with Crippen molar-refractivity contribution in [1.82, 2.24) is 14.0 Å². The minimum Gasteiger partial charge on any atom is -0.309 e. The van der Waals surface area contributed by atoms with E-state index in [4.69, 9.17) is 4.98 Å². The predicted molar refractivity (Wildman–Crippen MR) is 151 cm³/mol. The van der Waals surface area contributed by atoms with Gasteiger partial charge >= 0.3 is 0 Å². The Morgan fingerprint density at radius 2 is 1.22 bits per heavy atom. The minimum absolute atomic E-state index is 1.04. The fraction of sp³-hybridized carbons (Fsp3) is 0. The van der Waals surface area contributed by atoms with Crippen molar-refractivity contribution in [2.75, 3.05) is 0 Å². The SMILES string of the molecule is c1ccc(-n2c3ccccc3c3cc4c5cccc6c7nc8ccccc8cc7n(c4cc32)c56)cc1. The van der Waals surface area contributed by atoms with Crippen LogP contribution < -0.4 is 0 Å². The molecule has 0 aliphatic rings. The molecule has 3 nitrogen and oxygen atoms in total. The third kappa shape index (κ3) is 2.16. The summed E-state index contributed by atoms with van der Waals surface area (Å²) in [6, 6.07) is 41.5. The summed E-state index contributed by atoms with van der Waals surface area (Å²) in [4.78, 5) is 5.11. The van der Waals surface area contributed by atoms with Gasteiger partial charge in [0.25, 0.3) is 0 Å². The van der Waals surface area contributed by atoms with Gasteiger partial charge in [-0.25, -0.2) is 4.98 Å². The van der Waals surface area contributed by atoms with Crippen molar-refractivity contribution >= 4 is 70.9 Å². The van der Waals surface area contributed by atoms with Crippen molar-refractivity contribution < 1.29 is 0 Å². The van der Waals surface area contributed by atoms with Crippen molar-refractivity contribution in [2.45, 2.75) is 0 Å². The summed E-state index contributed by atoms with van der Waals surface area (Å²) < 4.78 is 4.83. The highest BCUT2D eigenvalue weighted by Gasteiger charge is 2.21. The summed E-state index contributed by atoms with van der Waals surface area (Å²) in [5.41, 5.74) is 9.37. The van der Waals surface area contributed by atoms with Crippen LogP contribution in [-0.2, 0) is 0 Å². The molecule has 0 saturated heterocycles. The molecule has 0 fully saturated rings. The molecule has 0 aliphatic carbocycles. The third-order valence-electron chi connectivity index (χ3n) is 7.80. The molecule has 0 unspecified atom stereocenters. The van der Waals surface area contributed by atoms with E-state index in [0.717, 1.165) is 16.6 Å². The minimum atomic E-state index is 1.04. The third-order valence-corrected chi connectivity index (χ3v) is 7.80. The van der Waals surface area contributed by atoms with Crippen LogP contribution in [0.4, 0.5) is 0 Å². The molecule has 0 amide bonds. The number of hydrogen-bond donors (Lipinski definition) is 0. The molecule has 5 aromatic carbocycles. The zero-order valence-electron chi connectivity index (χ0n) is 19.3. The highest BCUT2D eigenvalue weighted by molar-refractivity contribution is 6.26. The molecule has 0 spiro atoms. The summed E-state index contributed by atoms with van der Waals surface area (Å²) >= 11 is 0. The number of para-hydroxylation sites is 4. The predicted octanol–water partition coefficient (Wildman–Crippen LogP) is 8.48. The molecule has 166 valence electrons. The lowest BCUT2D eigenvalue weighted by Gasteiger charge is -2.08. The van der Waals surface area contributed by atoms with Crippen LogP contribution in [0, 0.1) is 0 Å². The number of hydrogen-bond acceptors (Lipinski definition) is 1. The number of nitrogens with zero attached hydrogens (tertiary/aromatic N) is 3. The van der Waals surface area contributed by atoms with Gasteiger partial charge in [0.2, 0.25) is 0 Å². The van der Waals surface area contributed by atoms with Gasteiger partial charge in [0.1, 0.15) is 0 Å². The molecule has 4 aromatic heterocycles. The van der Waals surface area contributed by atoms with E-state index < -0.39 is 0 Å². The number of pyridine rings is 1. The van der Waals surface area contributed by atoms with Crippen LogP contribution in [0.3, 0.4) is 0 Å². The Morgan fingerprint density at radius 1 is 0.472 bits per heavy atom. The van der Waals surface area contributed by atoms with Gasteiger partial charge in [0, 0.05) is 38.0 Å². The molecular formula is C33H19N3.